The van der Waals surface area contributed by atoms with Crippen LogP contribution in [-0.4, -0.2) is 67.3 Å². The summed E-state index contributed by atoms with van der Waals surface area (Å²) in [6.07, 6.45) is 7.46. The summed E-state index contributed by atoms with van der Waals surface area (Å²) < 4.78 is 14.2. The van der Waals surface area contributed by atoms with Gasteiger partial charge in [-0.25, -0.2) is 24.9 Å². The van der Waals surface area contributed by atoms with Crippen LogP contribution in [-0.2, 0) is 0 Å². The number of pyridine rings is 2. The number of hydrogen-bond donors (Lipinski definition) is 0. The van der Waals surface area contributed by atoms with E-state index in [1.165, 1.54) is 120 Å². The lowest BCUT2D eigenvalue weighted by molar-refractivity contribution is 1.08. The van der Waals surface area contributed by atoms with Crippen molar-refractivity contribution < 1.29 is 0 Å². The van der Waals surface area contributed by atoms with Gasteiger partial charge in [0.2, 0.25) is 0 Å². The van der Waals surface area contributed by atoms with Crippen molar-refractivity contribution in [2.45, 2.75) is 0 Å². The molecule has 0 aliphatic heterocycles. The third-order valence-electron chi connectivity index (χ3n) is 28.3. The molecular weight excluding hydrogens is 1760 g/mol. The number of nitrogens with zero attached hydrogens (tertiary/aromatic N) is 14. The minimum Gasteiger partial charge on any atom is -0.309 e. The zero-order valence-corrected chi connectivity index (χ0v) is 77.6. The molecule has 11 aromatic heterocycles. The second-order valence-corrected chi connectivity index (χ2v) is 36.5. The van der Waals surface area contributed by atoms with Gasteiger partial charge in [-0.2, -0.15) is 0 Å². The Bertz CT molecular complexity index is 10300. The highest BCUT2D eigenvalue weighted by Gasteiger charge is 2.27. The van der Waals surface area contributed by atoms with Gasteiger partial charge in [0.25, 0.3) is 0 Å². The summed E-state index contributed by atoms with van der Waals surface area (Å²) in [6.45, 7) is 0. The monoisotopic (exact) mass is 1840 g/mol. The number of benzene rings is 19. The normalized spacial score (nSPS) is 11.8. The van der Waals surface area contributed by atoms with E-state index >= 15 is 0 Å². The lowest BCUT2D eigenvalue weighted by Gasteiger charge is -2.17. The molecule has 30 aromatic rings. The summed E-state index contributed by atoms with van der Waals surface area (Å²) >= 11 is 0. The van der Waals surface area contributed by atoms with Gasteiger partial charge in [0.15, 0.2) is 0 Å². The molecule has 672 valence electrons. The Morgan fingerprint density at radius 1 is 0.153 bits per heavy atom. The molecule has 0 amide bonds. The summed E-state index contributed by atoms with van der Waals surface area (Å²) in [5, 5.41) is 14.5. The molecule has 0 fully saturated rings. The first kappa shape index (κ1) is 82.6. The van der Waals surface area contributed by atoms with Crippen LogP contribution in [0.15, 0.2) is 498 Å². The summed E-state index contributed by atoms with van der Waals surface area (Å²) in [7, 11) is 0. The van der Waals surface area contributed by atoms with Crippen LogP contribution in [0.5, 0.6) is 0 Å². The minimum atomic E-state index is 0.738. The summed E-state index contributed by atoms with van der Waals surface area (Å²) in [4.78, 5) is 39.5. The van der Waals surface area contributed by atoms with Crippen molar-refractivity contribution >= 4 is 164 Å². The van der Waals surface area contributed by atoms with Crippen molar-refractivity contribution in [3.05, 3.63) is 498 Å². The van der Waals surface area contributed by atoms with E-state index in [1.807, 2.05) is 104 Å². The molecule has 14 heteroatoms. The highest BCUT2D eigenvalue weighted by Crippen LogP contribution is 2.47. The average Bonchev–Trinajstić information content (AvgIpc) is 1.56. The fourth-order valence-corrected chi connectivity index (χ4v) is 21.8. The van der Waals surface area contributed by atoms with Crippen LogP contribution in [0.25, 0.3) is 266 Å². The van der Waals surface area contributed by atoms with Gasteiger partial charge in [0, 0.05) is 110 Å². The number of hydrogen-bond acceptors (Lipinski definition) is 8. The van der Waals surface area contributed by atoms with Crippen LogP contribution >= 0.6 is 0 Å². The van der Waals surface area contributed by atoms with Crippen LogP contribution in [0, 0.1) is 0 Å². The molecule has 0 bridgehead atoms. The summed E-state index contributed by atoms with van der Waals surface area (Å²) in [6, 6.07) is 167. The third-order valence-corrected chi connectivity index (χ3v) is 28.3. The van der Waals surface area contributed by atoms with E-state index in [0.29, 0.717) is 0 Å². The molecule has 14 nitrogen and oxygen atoms in total. The van der Waals surface area contributed by atoms with Crippen LogP contribution in [0.4, 0.5) is 0 Å². The van der Waals surface area contributed by atoms with Crippen molar-refractivity contribution in [3.8, 4) is 102 Å². The molecule has 0 saturated heterocycles. The SMILES string of the molecule is c1ccc(-c2c(-c3cnc4ccccc4n3)ccnc2-n2c3ccccc3c3cc4c(cc32)c2ccccc2n4-c2ccccc2)cc1.c1ccc(-c2cc(-c3cnc4ccccc4n3)nc(-n3c4ccccc4c4cc5c(cc43)c3ccccc3n5-c3ccccc3)c2)cc1.c1ccc(-n2c3ccccc3c3cc4c(cc32)c2ccccc2n4-c2ccc(-c3ccc(-c4cnc5ccccc5n4)cc3)cc2)cc1. The molecule has 0 aliphatic carbocycles. The van der Waals surface area contributed by atoms with Crippen molar-refractivity contribution in [1.29, 1.82) is 0 Å². The highest BCUT2D eigenvalue weighted by molar-refractivity contribution is 6.23. The molecule has 11 heterocycles. The Hall–Kier alpha value is -19.7. The fourth-order valence-electron chi connectivity index (χ4n) is 21.8. The van der Waals surface area contributed by atoms with E-state index in [0.717, 1.165) is 146 Å². The fraction of sp³-hybridized carbons (Fsp3) is 0. The maximum absolute atomic E-state index is 5.33. The predicted molar refractivity (Wildman–Crippen MR) is 593 cm³/mol. The maximum atomic E-state index is 5.33. The molecule has 0 unspecified atom stereocenters. The van der Waals surface area contributed by atoms with Crippen molar-refractivity contribution in [2.75, 3.05) is 0 Å². The average molecular weight is 1840 g/mol. The Balaban J connectivity index is 0.000000105. The Morgan fingerprint density at radius 3 is 0.847 bits per heavy atom. The van der Waals surface area contributed by atoms with Crippen molar-refractivity contribution in [3.63, 3.8) is 0 Å². The zero-order valence-electron chi connectivity index (χ0n) is 77.6. The number of para-hydroxylation sites is 15. The molecule has 19 aromatic carbocycles. The molecular formula is C130H82N14. The molecule has 144 heavy (non-hydrogen) atoms. The number of aromatic nitrogens is 14. The third kappa shape index (κ3) is 13.9. The number of fused-ring (bicyclic) bond motifs is 21. The van der Waals surface area contributed by atoms with Crippen molar-refractivity contribution in [2.24, 2.45) is 0 Å². The lowest BCUT2D eigenvalue weighted by atomic mass is 9.98. The molecule has 0 atom stereocenters. The van der Waals surface area contributed by atoms with Gasteiger partial charge in [0.05, 0.1) is 135 Å². The highest BCUT2D eigenvalue weighted by atomic mass is 15.1. The van der Waals surface area contributed by atoms with Gasteiger partial charge >= 0.3 is 0 Å². The maximum Gasteiger partial charge on any atom is 0.146 e. The van der Waals surface area contributed by atoms with E-state index in [9.17, 15) is 0 Å². The van der Waals surface area contributed by atoms with Gasteiger partial charge in [-0.15, -0.1) is 0 Å². The first-order chi connectivity index (χ1) is 71.4. The van der Waals surface area contributed by atoms with Gasteiger partial charge in [0.1, 0.15) is 17.3 Å². The Morgan fingerprint density at radius 2 is 0.438 bits per heavy atom. The molecule has 0 N–H and O–H groups in total. The van der Waals surface area contributed by atoms with E-state index in [1.54, 1.807) is 0 Å². The zero-order chi connectivity index (χ0) is 94.8. The van der Waals surface area contributed by atoms with E-state index < -0.39 is 0 Å². The van der Waals surface area contributed by atoms with Gasteiger partial charge in [-0.1, -0.05) is 297 Å². The molecule has 0 spiro atoms. The number of rotatable bonds is 12. The molecule has 30 rings (SSSR count). The van der Waals surface area contributed by atoms with Crippen LogP contribution in [0.1, 0.15) is 0 Å². The van der Waals surface area contributed by atoms with Gasteiger partial charge < -0.3 is 18.3 Å². The van der Waals surface area contributed by atoms with E-state index in [4.69, 9.17) is 34.9 Å². The topological polar surface area (TPSA) is 133 Å². The van der Waals surface area contributed by atoms with Gasteiger partial charge in [-0.05, 0) is 204 Å². The first-order valence-electron chi connectivity index (χ1n) is 48.5. The quantitative estimate of drug-likeness (QED) is 0.118. The second kappa shape index (κ2) is 34.2. The largest absolute Gasteiger partial charge is 0.309 e. The lowest BCUT2D eigenvalue weighted by Crippen LogP contribution is -2.03. The van der Waals surface area contributed by atoms with Gasteiger partial charge in [-0.3, -0.25) is 24.1 Å². The minimum absolute atomic E-state index is 0.738. The van der Waals surface area contributed by atoms with E-state index in [-0.39, 0.29) is 0 Å². The molecule has 0 radical (unpaired) electrons. The summed E-state index contributed by atoms with van der Waals surface area (Å²) in [5.74, 6) is 1.68. The predicted octanol–water partition coefficient (Wildman–Crippen LogP) is 32.3. The van der Waals surface area contributed by atoms with Crippen LogP contribution < -0.4 is 0 Å². The molecule has 0 saturated carbocycles. The van der Waals surface area contributed by atoms with Crippen LogP contribution in [0.2, 0.25) is 0 Å². The first-order valence-corrected chi connectivity index (χ1v) is 48.5. The molecule has 0 aliphatic rings. The van der Waals surface area contributed by atoms with Crippen molar-refractivity contribution in [1.82, 2.24) is 67.3 Å². The summed E-state index contributed by atoms with van der Waals surface area (Å²) in [5.41, 5.74) is 35.6. The Kier molecular flexibility index (Phi) is 19.6. The van der Waals surface area contributed by atoms with E-state index in [2.05, 4.69) is 427 Å². The standard InChI is InChI=1S/C44H28N4.2C43H27N5/c1-2-10-32(11-3-1)47-41-16-8-4-12-34(41)36-27-44-37(26-43(36)47)35-13-5-9-17-42(35)48(44)33-24-22-30(23-25-33)29-18-20-31(21-19-29)40-28-45-38-14-6-7-15-39(38)46-40;1-3-13-28(14-4-1)29-23-37(38-27-44-35-19-9-10-20-36(35)45-38)46-43(24-29)48-40-22-12-8-18-32(40)34-25-41-33(26-42(34)48)31-17-7-11-21-39(31)47(41)30-15-5-2-6-16-30;1-3-13-28(14-4-1)42-32(37-27-45-35-19-9-10-20-36(35)46-37)23-24-44-43(42)48-39-22-12-8-18-31(39)34-25-40-33(26-41(34)48)30-17-7-11-21-38(30)47(40)29-15-5-2-6-16-29/h1-28H;2*1-27H. The second-order valence-electron chi connectivity index (χ2n) is 36.5. The Labute approximate surface area is 825 Å². The van der Waals surface area contributed by atoms with Crippen LogP contribution in [0.3, 0.4) is 0 Å². The smallest absolute Gasteiger partial charge is 0.146 e.